The summed E-state index contributed by atoms with van der Waals surface area (Å²) in [5.41, 5.74) is 8.53. The van der Waals surface area contributed by atoms with E-state index in [1.807, 2.05) is 0 Å². The van der Waals surface area contributed by atoms with Gasteiger partial charge in [0.05, 0.1) is 11.4 Å². The van der Waals surface area contributed by atoms with Crippen molar-refractivity contribution in [1.29, 1.82) is 0 Å². The number of anilines is 1. The van der Waals surface area contributed by atoms with E-state index in [1.54, 1.807) is 0 Å². The van der Waals surface area contributed by atoms with Gasteiger partial charge in [0, 0.05) is 29.3 Å². The van der Waals surface area contributed by atoms with E-state index in [4.69, 9.17) is 4.99 Å². The molecule has 0 N–H and O–H groups in total. The third kappa shape index (κ3) is 3.58. The van der Waals surface area contributed by atoms with Crippen molar-refractivity contribution in [2.45, 2.75) is 45.4 Å². The number of rotatable bonds is 3. The van der Waals surface area contributed by atoms with E-state index in [2.05, 4.69) is 144 Å². The van der Waals surface area contributed by atoms with E-state index in [9.17, 15) is 0 Å². The maximum atomic E-state index is 5.03. The molecule has 2 heterocycles. The predicted molar refractivity (Wildman–Crippen MR) is 160 cm³/mol. The van der Waals surface area contributed by atoms with Crippen LogP contribution in [0.1, 0.15) is 45.7 Å². The van der Waals surface area contributed by atoms with Crippen molar-refractivity contribution in [3.63, 3.8) is 0 Å². The third-order valence-corrected chi connectivity index (χ3v) is 8.32. The molecular weight excluding hydrogens is 448 g/mol. The topological polar surface area (TPSA) is 15.6 Å². The van der Waals surface area contributed by atoms with Gasteiger partial charge in [-0.05, 0) is 63.9 Å². The van der Waals surface area contributed by atoms with E-state index in [0.717, 1.165) is 11.4 Å². The number of benzene rings is 4. The normalized spacial score (nSPS) is 19.2. The van der Waals surface area contributed by atoms with Gasteiger partial charge in [-0.1, -0.05) is 106 Å². The fourth-order valence-electron chi connectivity index (χ4n) is 6.32. The van der Waals surface area contributed by atoms with Crippen LogP contribution < -0.4 is 4.90 Å². The number of aliphatic imine (C=N–C) groups is 1. The first-order valence-electron chi connectivity index (χ1n) is 13.1. The standard InChI is InChI=1S/C35H34N2/c1-23(15-21-30-34(2,3)32-26-13-9-7-11-24(26)17-19-28(32)36-30)16-22-31-35(4,5)33-27-14-10-8-12-25(27)18-20-29(33)37(31)6/h7-22H,1-6H3. The van der Waals surface area contributed by atoms with Crippen molar-refractivity contribution in [2.24, 2.45) is 4.99 Å². The molecule has 0 fully saturated rings. The van der Waals surface area contributed by atoms with Gasteiger partial charge in [-0.15, -0.1) is 0 Å². The minimum Gasteiger partial charge on any atom is -0.347 e. The zero-order valence-electron chi connectivity index (χ0n) is 22.6. The van der Waals surface area contributed by atoms with Gasteiger partial charge in [0.25, 0.3) is 0 Å². The minimum absolute atomic E-state index is 0.0777. The van der Waals surface area contributed by atoms with Gasteiger partial charge in [0.2, 0.25) is 0 Å². The molecule has 0 bridgehead atoms. The lowest BCUT2D eigenvalue weighted by atomic mass is 9.79. The summed E-state index contributed by atoms with van der Waals surface area (Å²) in [7, 11) is 2.19. The molecule has 0 unspecified atom stereocenters. The van der Waals surface area contributed by atoms with Crippen LogP contribution in [0.3, 0.4) is 0 Å². The largest absolute Gasteiger partial charge is 0.347 e. The van der Waals surface area contributed by atoms with Crippen LogP contribution in [0.4, 0.5) is 11.4 Å². The Morgan fingerprint density at radius 1 is 0.757 bits per heavy atom. The fourth-order valence-corrected chi connectivity index (χ4v) is 6.32. The van der Waals surface area contributed by atoms with Crippen LogP contribution in [-0.2, 0) is 10.8 Å². The average Bonchev–Trinajstić information content (AvgIpc) is 3.27. The Bertz CT molecular complexity index is 1690. The quantitative estimate of drug-likeness (QED) is 0.266. The van der Waals surface area contributed by atoms with Crippen molar-refractivity contribution in [3.8, 4) is 0 Å². The van der Waals surface area contributed by atoms with Gasteiger partial charge in [-0.25, -0.2) is 0 Å². The van der Waals surface area contributed by atoms with Gasteiger partial charge in [-0.2, -0.15) is 0 Å². The highest BCUT2D eigenvalue weighted by Crippen LogP contribution is 2.50. The molecule has 0 atom stereocenters. The Morgan fingerprint density at radius 2 is 1.38 bits per heavy atom. The van der Waals surface area contributed by atoms with Gasteiger partial charge in [-0.3, -0.25) is 4.99 Å². The molecule has 4 aromatic carbocycles. The molecule has 0 aromatic heterocycles. The molecule has 37 heavy (non-hydrogen) atoms. The second-order valence-corrected chi connectivity index (χ2v) is 11.5. The molecule has 2 aliphatic heterocycles. The summed E-state index contributed by atoms with van der Waals surface area (Å²) in [6, 6.07) is 26.2. The highest BCUT2D eigenvalue weighted by molar-refractivity contribution is 6.12. The van der Waals surface area contributed by atoms with Crippen LogP contribution in [0.2, 0.25) is 0 Å². The maximum Gasteiger partial charge on any atom is 0.0681 e. The molecule has 0 spiro atoms. The molecule has 4 aromatic rings. The number of nitrogens with zero attached hydrogens (tertiary/aromatic N) is 2. The number of fused-ring (bicyclic) bond motifs is 6. The van der Waals surface area contributed by atoms with Crippen molar-refractivity contribution in [3.05, 3.63) is 119 Å². The zero-order chi connectivity index (χ0) is 25.9. The summed E-state index contributed by atoms with van der Waals surface area (Å²) in [6.07, 6.45) is 8.93. The molecule has 0 radical (unpaired) electrons. The van der Waals surface area contributed by atoms with E-state index in [1.165, 1.54) is 49.6 Å². The summed E-state index contributed by atoms with van der Waals surface area (Å²) in [6.45, 7) is 11.4. The van der Waals surface area contributed by atoms with E-state index in [0.29, 0.717) is 0 Å². The van der Waals surface area contributed by atoms with Crippen LogP contribution in [0.15, 0.2) is 113 Å². The monoisotopic (exact) mass is 482 g/mol. The van der Waals surface area contributed by atoms with Crippen molar-refractivity contribution in [1.82, 2.24) is 0 Å². The second-order valence-electron chi connectivity index (χ2n) is 11.5. The molecule has 0 aliphatic carbocycles. The van der Waals surface area contributed by atoms with Gasteiger partial charge < -0.3 is 4.90 Å². The first-order valence-corrected chi connectivity index (χ1v) is 13.1. The predicted octanol–water partition coefficient (Wildman–Crippen LogP) is 9.17. The average molecular weight is 483 g/mol. The number of likely N-dealkylation sites (N-methyl/N-ethyl adjacent to an activating group) is 1. The van der Waals surface area contributed by atoms with Crippen molar-refractivity contribution >= 4 is 38.6 Å². The van der Waals surface area contributed by atoms with Crippen molar-refractivity contribution < 1.29 is 0 Å². The summed E-state index contributed by atoms with van der Waals surface area (Å²) in [4.78, 5) is 7.38. The van der Waals surface area contributed by atoms with Crippen LogP contribution in [0.25, 0.3) is 21.5 Å². The number of hydrogen-bond donors (Lipinski definition) is 0. The smallest absolute Gasteiger partial charge is 0.0681 e. The first kappa shape index (κ1) is 23.5. The summed E-state index contributed by atoms with van der Waals surface area (Å²) >= 11 is 0. The maximum absolute atomic E-state index is 5.03. The molecule has 2 aliphatic rings. The Morgan fingerprint density at radius 3 is 2.08 bits per heavy atom. The van der Waals surface area contributed by atoms with E-state index >= 15 is 0 Å². The lowest BCUT2D eigenvalue weighted by Gasteiger charge is -2.24. The second kappa shape index (κ2) is 8.31. The molecule has 0 amide bonds. The molecule has 0 saturated carbocycles. The number of allylic oxidation sites excluding steroid dienone is 6. The molecule has 0 saturated heterocycles. The highest BCUT2D eigenvalue weighted by Gasteiger charge is 2.39. The SMILES string of the molecule is CC(C=CC1=Nc2ccc3ccccc3c2C1(C)C)=CC=C1N(C)c2ccc3ccccc3c2C1(C)C. The van der Waals surface area contributed by atoms with Crippen LogP contribution in [-0.4, -0.2) is 12.8 Å². The van der Waals surface area contributed by atoms with Crippen LogP contribution in [0, 0.1) is 0 Å². The molecule has 2 heteroatoms. The van der Waals surface area contributed by atoms with Crippen molar-refractivity contribution in [2.75, 3.05) is 11.9 Å². The Hall–Kier alpha value is -3.91. The van der Waals surface area contributed by atoms with E-state index < -0.39 is 0 Å². The van der Waals surface area contributed by atoms with E-state index in [-0.39, 0.29) is 10.8 Å². The summed E-state index contributed by atoms with van der Waals surface area (Å²) < 4.78 is 0. The molecule has 2 nitrogen and oxygen atoms in total. The number of hydrogen-bond acceptors (Lipinski definition) is 2. The summed E-state index contributed by atoms with van der Waals surface area (Å²) in [5.74, 6) is 0. The Labute approximate surface area is 220 Å². The Balaban J connectivity index is 1.31. The lowest BCUT2D eigenvalue weighted by molar-refractivity contribution is 0.645. The van der Waals surface area contributed by atoms with Gasteiger partial charge in [0.15, 0.2) is 0 Å². The fraction of sp³-hybridized carbons (Fsp3) is 0.229. The lowest BCUT2D eigenvalue weighted by Crippen LogP contribution is -2.24. The minimum atomic E-state index is -0.137. The summed E-state index contributed by atoms with van der Waals surface area (Å²) in [5, 5.41) is 5.21. The van der Waals surface area contributed by atoms with Crippen LogP contribution in [0.5, 0.6) is 0 Å². The van der Waals surface area contributed by atoms with Crippen LogP contribution >= 0.6 is 0 Å². The van der Waals surface area contributed by atoms with Gasteiger partial charge >= 0.3 is 0 Å². The Kier molecular flexibility index (Phi) is 5.28. The first-order chi connectivity index (χ1) is 17.7. The zero-order valence-corrected chi connectivity index (χ0v) is 22.6. The molecular formula is C35H34N2. The third-order valence-electron chi connectivity index (χ3n) is 8.32. The highest BCUT2D eigenvalue weighted by atomic mass is 15.2. The van der Waals surface area contributed by atoms with Gasteiger partial charge in [0.1, 0.15) is 0 Å². The molecule has 184 valence electrons. The molecule has 6 rings (SSSR count).